The minimum Gasteiger partial charge on any atom is -0.362 e. The van der Waals surface area contributed by atoms with E-state index in [1.807, 2.05) is 30.3 Å². The van der Waals surface area contributed by atoms with E-state index < -0.39 is 17.1 Å². The van der Waals surface area contributed by atoms with Crippen LogP contribution in [0.15, 0.2) is 42.5 Å². The molecule has 0 amide bonds. The van der Waals surface area contributed by atoms with Gasteiger partial charge in [-0.3, -0.25) is 4.79 Å². The van der Waals surface area contributed by atoms with Crippen LogP contribution in [0, 0.1) is 11.6 Å². The number of benzene rings is 2. The maximum Gasteiger partial charge on any atom is 0.218 e. The van der Waals surface area contributed by atoms with Crippen LogP contribution in [0.1, 0.15) is 10.5 Å². The zero-order chi connectivity index (χ0) is 17.3. The molecule has 1 heterocycles. The van der Waals surface area contributed by atoms with Crippen molar-refractivity contribution in [2.45, 2.75) is 5.44 Å². The van der Waals surface area contributed by atoms with E-state index in [-0.39, 0.29) is 11.5 Å². The van der Waals surface area contributed by atoms with E-state index in [9.17, 15) is 13.6 Å². The molecule has 24 heavy (non-hydrogen) atoms. The van der Waals surface area contributed by atoms with E-state index in [1.54, 1.807) is 6.26 Å². The summed E-state index contributed by atoms with van der Waals surface area (Å²) >= 11 is 1.25. The number of fused-ring (bicyclic) bond motifs is 1. The lowest BCUT2D eigenvalue weighted by Crippen LogP contribution is -2.20. The second-order valence-electron chi connectivity index (χ2n) is 5.22. The zero-order valence-corrected chi connectivity index (χ0v) is 13.9. The third-order valence-corrected chi connectivity index (χ3v) is 4.63. The van der Waals surface area contributed by atoms with Crippen molar-refractivity contribution < 1.29 is 18.3 Å². The Bertz CT molecular complexity index is 889. The Labute approximate surface area is 142 Å². The summed E-state index contributed by atoms with van der Waals surface area (Å²) in [6.07, 6.45) is 1.76. The molecule has 2 aromatic carbocycles. The first-order valence-corrected chi connectivity index (χ1v) is 8.51. The summed E-state index contributed by atoms with van der Waals surface area (Å²) in [5.41, 5.74) is 1.24. The molecule has 1 aromatic heterocycles. The van der Waals surface area contributed by atoms with Crippen molar-refractivity contribution in [2.75, 3.05) is 13.4 Å². The van der Waals surface area contributed by atoms with E-state index in [4.69, 9.17) is 4.74 Å². The van der Waals surface area contributed by atoms with Gasteiger partial charge in [-0.15, -0.1) is 11.8 Å². The van der Waals surface area contributed by atoms with Gasteiger partial charge in [0.05, 0.1) is 5.69 Å². The smallest absolute Gasteiger partial charge is 0.218 e. The number of Topliss-reactive ketones (excluding diaryl/α,β-unsaturated/α-hetero) is 1. The lowest BCUT2D eigenvalue weighted by molar-refractivity contribution is 0.0791. The zero-order valence-electron chi connectivity index (χ0n) is 13.1. The van der Waals surface area contributed by atoms with Gasteiger partial charge in [0.25, 0.3) is 0 Å². The number of ether oxygens (including phenoxy) is 1. The summed E-state index contributed by atoms with van der Waals surface area (Å²) in [4.78, 5) is 15.7. The molecule has 0 aliphatic heterocycles. The molecule has 3 nitrogen and oxygen atoms in total. The number of aromatic amines is 1. The number of hydrogen-bond donors (Lipinski definition) is 1. The average Bonchev–Trinajstić information content (AvgIpc) is 2.95. The van der Waals surface area contributed by atoms with E-state index in [0.29, 0.717) is 16.5 Å². The molecular formula is C18H15F2NO2S. The minimum absolute atomic E-state index is 0.277. The van der Waals surface area contributed by atoms with Gasteiger partial charge in [-0.2, -0.15) is 0 Å². The Morgan fingerprint density at radius 1 is 1.17 bits per heavy atom. The maximum atomic E-state index is 13.7. The molecule has 0 radical (unpaired) electrons. The third kappa shape index (κ3) is 2.83. The van der Waals surface area contributed by atoms with Crippen molar-refractivity contribution in [3.63, 3.8) is 0 Å². The van der Waals surface area contributed by atoms with Crippen molar-refractivity contribution in [1.29, 1.82) is 0 Å². The SMILES string of the molecule is COC(SC)C(=O)c1[nH]c2cc(F)c(F)cc2c1-c1ccccc1. The molecule has 0 aliphatic rings. The molecule has 0 spiro atoms. The first-order valence-electron chi connectivity index (χ1n) is 7.22. The van der Waals surface area contributed by atoms with E-state index in [0.717, 1.165) is 17.7 Å². The molecule has 0 saturated carbocycles. The lowest BCUT2D eigenvalue weighted by atomic mass is 10.00. The number of thioether (sulfide) groups is 1. The molecule has 0 fully saturated rings. The van der Waals surface area contributed by atoms with Crippen LogP contribution in [0.5, 0.6) is 0 Å². The Balaban J connectivity index is 2.30. The van der Waals surface area contributed by atoms with Crippen molar-refractivity contribution in [2.24, 2.45) is 0 Å². The number of rotatable bonds is 5. The van der Waals surface area contributed by atoms with E-state index >= 15 is 0 Å². The number of methoxy groups -OCH3 is 1. The number of aromatic nitrogens is 1. The lowest BCUT2D eigenvalue weighted by Gasteiger charge is -2.12. The average molecular weight is 347 g/mol. The number of carbonyl (C=O) groups is 1. The maximum absolute atomic E-state index is 13.7. The van der Waals surface area contributed by atoms with Crippen LogP contribution in [0.2, 0.25) is 0 Å². The van der Waals surface area contributed by atoms with Crippen molar-refractivity contribution in [1.82, 2.24) is 4.98 Å². The van der Waals surface area contributed by atoms with Gasteiger partial charge in [0, 0.05) is 29.6 Å². The molecule has 124 valence electrons. The second kappa shape index (κ2) is 6.75. The van der Waals surface area contributed by atoms with Gasteiger partial charge in [-0.1, -0.05) is 30.3 Å². The van der Waals surface area contributed by atoms with Gasteiger partial charge in [0.2, 0.25) is 5.78 Å². The third-order valence-electron chi connectivity index (χ3n) is 3.79. The fourth-order valence-corrected chi connectivity index (χ4v) is 3.23. The number of halogens is 2. The van der Waals surface area contributed by atoms with Gasteiger partial charge in [0.15, 0.2) is 17.1 Å². The van der Waals surface area contributed by atoms with Crippen LogP contribution < -0.4 is 0 Å². The molecule has 1 unspecified atom stereocenters. The molecule has 6 heteroatoms. The minimum atomic E-state index is -0.962. The predicted octanol–water partition coefficient (Wildman–Crippen LogP) is 4.63. The van der Waals surface area contributed by atoms with Gasteiger partial charge in [0.1, 0.15) is 0 Å². The molecular weight excluding hydrogens is 332 g/mol. The summed E-state index contributed by atoms with van der Waals surface area (Å²) in [6, 6.07) is 11.3. The van der Waals surface area contributed by atoms with Gasteiger partial charge in [-0.25, -0.2) is 8.78 Å². The van der Waals surface area contributed by atoms with Gasteiger partial charge >= 0.3 is 0 Å². The number of carbonyl (C=O) groups excluding carboxylic acids is 1. The monoisotopic (exact) mass is 347 g/mol. The fourth-order valence-electron chi connectivity index (χ4n) is 2.71. The summed E-state index contributed by atoms with van der Waals surface area (Å²) in [5.74, 6) is -2.19. The summed E-state index contributed by atoms with van der Waals surface area (Å²) in [7, 11) is 1.45. The van der Waals surface area contributed by atoms with Crippen molar-refractivity contribution in [3.05, 3.63) is 59.8 Å². The van der Waals surface area contributed by atoms with Gasteiger partial charge < -0.3 is 9.72 Å². The summed E-state index contributed by atoms with van der Waals surface area (Å²) in [5, 5.41) is 0.458. The van der Waals surface area contributed by atoms with Crippen LogP contribution >= 0.6 is 11.8 Å². The number of ketones is 1. The topological polar surface area (TPSA) is 42.1 Å². The molecule has 1 atom stereocenters. The van der Waals surface area contributed by atoms with E-state index in [1.165, 1.54) is 18.9 Å². The quantitative estimate of drug-likeness (QED) is 0.540. The van der Waals surface area contributed by atoms with Crippen LogP contribution in [-0.4, -0.2) is 29.6 Å². The molecule has 1 N–H and O–H groups in total. The number of H-pyrrole nitrogens is 1. The summed E-state index contributed by atoms with van der Waals surface area (Å²) < 4.78 is 32.5. The van der Waals surface area contributed by atoms with Crippen LogP contribution in [-0.2, 0) is 4.74 Å². The number of nitrogens with one attached hydrogen (secondary N) is 1. The second-order valence-corrected chi connectivity index (χ2v) is 6.12. The molecule has 0 bridgehead atoms. The van der Waals surface area contributed by atoms with E-state index in [2.05, 4.69) is 4.98 Å². The van der Waals surface area contributed by atoms with Crippen molar-refractivity contribution >= 4 is 28.4 Å². The Morgan fingerprint density at radius 2 is 1.83 bits per heavy atom. The van der Waals surface area contributed by atoms with Crippen LogP contribution in [0.4, 0.5) is 8.78 Å². The molecule has 3 rings (SSSR count). The first-order chi connectivity index (χ1) is 11.6. The Hall–Kier alpha value is -2.18. The highest BCUT2D eigenvalue weighted by molar-refractivity contribution is 7.99. The molecule has 3 aromatic rings. The fraction of sp³-hybridized carbons (Fsp3) is 0.167. The summed E-state index contributed by atoms with van der Waals surface area (Å²) in [6.45, 7) is 0. The van der Waals surface area contributed by atoms with Crippen LogP contribution in [0.25, 0.3) is 22.0 Å². The highest BCUT2D eigenvalue weighted by atomic mass is 32.2. The van der Waals surface area contributed by atoms with Crippen LogP contribution in [0.3, 0.4) is 0 Å². The largest absolute Gasteiger partial charge is 0.362 e. The number of hydrogen-bond acceptors (Lipinski definition) is 3. The molecule has 0 saturated heterocycles. The standard InChI is InChI=1S/C18H15F2NO2S/c1-23-18(24-2)17(22)16-15(10-6-4-3-5-7-10)11-8-12(19)13(20)9-14(11)21-16/h3-9,18,21H,1-2H3. The first kappa shape index (κ1) is 16.7. The molecule has 0 aliphatic carbocycles. The highest BCUT2D eigenvalue weighted by Crippen LogP contribution is 2.35. The van der Waals surface area contributed by atoms with Crippen molar-refractivity contribution in [3.8, 4) is 11.1 Å². The Kier molecular flexibility index (Phi) is 4.69. The van der Waals surface area contributed by atoms with Gasteiger partial charge in [-0.05, 0) is 17.9 Å². The Morgan fingerprint density at radius 3 is 2.46 bits per heavy atom. The normalized spacial score (nSPS) is 12.5. The highest BCUT2D eigenvalue weighted by Gasteiger charge is 2.26. The predicted molar refractivity (Wildman–Crippen MR) is 92.3 cm³/mol.